The number of alkyl halides is 2. The van der Waals surface area contributed by atoms with Crippen molar-refractivity contribution in [1.82, 2.24) is 10.2 Å². The molecular weight excluding hydrogens is 416 g/mol. The lowest BCUT2D eigenvalue weighted by molar-refractivity contribution is -0.0499. The van der Waals surface area contributed by atoms with Crippen molar-refractivity contribution < 1.29 is 23.1 Å². The van der Waals surface area contributed by atoms with Crippen LogP contribution >= 0.6 is 0 Å². The number of ether oxygens (including phenoxy) is 1. The summed E-state index contributed by atoms with van der Waals surface area (Å²) in [5, 5.41) is 5.56. The third-order valence-electron chi connectivity index (χ3n) is 5.72. The number of rotatable bonds is 6. The second-order valence-electron chi connectivity index (χ2n) is 8.28. The van der Waals surface area contributed by atoms with Crippen LogP contribution in [0.15, 0.2) is 42.5 Å². The van der Waals surface area contributed by atoms with Crippen LogP contribution in [0, 0.1) is 12.8 Å². The van der Waals surface area contributed by atoms with Crippen molar-refractivity contribution in [2.24, 2.45) is 5.92 Å². The topological polar surface area (TPSA) is 70.7 Å². The van der Waals surface area contributed by atoms with Crippen molar-refractivity contribution in [1.29, 1.82) is 0 Å². The second-order valence-corrected chi connectivity index (χ2v) is 8.28. The highest BCUT2D eigenvalue weighted by atomic mass is 19.3. The molecule has 1 heterocycles. The number of aryl methyl sites for hydroxylation is 1. The molecule has 1 aliphatic rings. The maximum absolute atomic E-state index is 12.8. The molecular formula is C24H29F2N3O3. The zero-order valence-corrected chi connectivity index (χ0v) is 18.5. The molecule has 2 aromatic rings. The van der Waals surface area contributed by atoms with E-state index in [4.69, 9.17) is 0 Å². The number of nitrogens with one attached hydrogen (secondary N) is 2. The number of carbonyl (C=O) groups excluding carboxylic acids is 2. The number of benzene rings is 2. The first-order chi connectivity index (χ1) is 15.2. The normalized spacial score (nSPS) is 15.4. The van der Waals surface area contributed by atoms with E-state index in [-0.39, 0.29) is 11.7 Å². The molecule has 172 valence electrons. The molecule has 1 fully saturated rings. The number of likely N-dealkylation sites (tertiary alicyclic amines) is 1. The average Bonchev–Trinajstić information content (AvgIpc) is 2.75. The summed E-state index contributed by atoms with van der Waals surface area (Å²) in [7, 11) is 0. The minimum atomic E-state index is -2.91. The first-order valence-electron chi connectivity index (χ1n) is 10.7. The van der Waals surface area contributed by atoms with E-state index in [0.717, 1.165) is 31.5 Å². The molecule has 0 aromatic heterocycles. The highest BCUT2D eigenvalue weighted by molar-refractivity contribution is 5.96. The fraction of sp³-hybridized carbons (Fsp3) is 0.417. The second kappa shape index (κ2) is 10.4. The summed E-state index contributed by atoms with van der Waals surface area (Å²) < 4.78 is 29.2. The summed E-state index contributed by atoms with van der Waals surface area (Å²) in [4.78, 5) is 27.1. The van der Waals surface area contributed by atoms with Crippen molar-refractivity contribution >= 4 is 17.6 Å². The first kappa shape index (κ1) is 23.5. The van der Waals surface area contributed by atoms with Crippen molar-refractivity contribution in [3.63, 3.8) is 0 Å². The molecule has 2 aromatic carbocycles. The summed E-state index contributed by atoms with van der Waals surface area (Å²) in [6, 6.07) is 10.5. The lowest BCUT2D eigenvalue weighted by Crippen LogP contribution is -2.38. The van der Waals surface area contributed by atoms with Crippen LogP contribution in [0.25, 0.3) is 0 Å². The van der Waals surface area contributed by atoms with Crippen LogP contribution in [-0.4, -0.2) is 36.5 Å². The van der Waals surface area contributed by atoms with E-state index in [0.29, 0.717) is 22.7 Å². The maximum Gasteiger partial charge on any atom is 0.387 e. The Bertz CT molecular complexity index is 959. The quantitative estimate of drug-likeness (QED) is 0.630. The van der Waals surface area contributed by atoms with Crippen LogP contribution in [0.1, 0.15) is 54.2 Å². The molecule has 0 bridgehead atoms. The molecule has 1 saturated heterocycles. The standard InChI is InChI=1S/C24H29F2N3O3/c1-15-9-11-29(12-10-15)22(30)19-7-8-21(16(2)13-19)28-24(31)27-17(3)18-5-4-6-20(14-18)32-23(25)26/h4-8,13-15,17,23H,9-12H2,1-3H3,(H2,27,28,31). The summed E-state index contributed by atoms with van der Waals surface area (Å²) in [5.41, 5.74) is 2.60. The fourth-order valence-electron chi connectivity index (χ4n) is 3.73. The first-order valence-corrected chi connectivity index (χ1v) is 10.7. The average molecular weight is 446 g/mol. The van der Waals surface area contributed by atoms with Crippen LogP contribution < -0.4 is 15.4 Å². The van der Waals surface area contributed by atoms with Crippen LogP contribution in [-0.2, 0) is 0 Å². The van der Waals surface area contributed by atoms with E-state index >= 15 is 0 Å². The Kier molecular flexibility index (Phi) is 7.66. The van der Waals surface area contributed by atoms with E-state index in [1.54, 1.807) is 37.3 Å². The van der Waals surface area contributed by atoms with Crippen molar-refractivity contribution in [3.8, 4) is 5.75 Å². The van der Waals surface area contributed by atoms with Gasteiger partial charge in [0.05, 0.1) is 6.04 Å². The summed E-state index contributed by atoms with van der Waals surface area (Å²) in [5.74, 6) is 0.689. The molecule has 2 N–H and O–H groups in total. The van der Waals surface area contributed by atoms with Crippen LogP contribution in [0.4, 0.5) is 19.3 Å². The molecule has 32 heavy (non-hydrogen) atoms. The highest BCUT2D eigenvalue weighted by Crippen LogP contribution is 2.23. The van der Waals surface area contributed by atoms with Crippen LogP contribution in [0.5, 0.6) is 5.75 Å². The predicted molar refractivity (Wildman–Crippen MR) is 119 cm³/mol. The molecule has 0 spiro atoms. The molecule has 3 amide bonds. The lowest BCUT2D eigenvalue weighted by Gasteiger charge is -2.30. The summed E-state index contributed by atoms with van der Waals surface area (Å²) in [6.07, 6.45) is 2.03. The number of urea groups is 1. The minimum absolute atomic E-state index is 0.00974. The fourth-order valence-corrected chi connectivity index (χ4v) is 3.73. The van der Waals surface area contributed by atoms with Gasteiger partial charge < -0.3 is 20.3 Å². The van der Waals surface area contributed by atoms with Gasteiger partial charge in [-0.25, -0.2) is 4.79 Å². The third kappa shape index (κ3) is 6.18. The van der Waals surface area contributed by atoms with Gasteiger partial charge in [0.15, 0.2) is 0 Å². The SMILES string of the molecule is Cc1cc(C(=O)N2CCC(C)CC2)ccc1NC(=O)NC(C)c1cccc(OC(F)F)c1. The number of halogens is 2. The van der Waals surface area contributed by atoms with Gasteiger partial charge in [0, 0.05) is 24.3 Å². The van der Waals surface area contributed by atoms with E-state index in [9.17, 15) is 18.4 Å². The molecule has 0 aliphatic carbocycles. The van der Waals surface area contributed by atoms with Gasteiger partial charge in [0.25, 0.3) is 5.91 Å². The zero-order valence-electron chi connectivity index (χ0n) is 18.5. The van der Waals surface area contributed by atoms with Crippen molar-refractivity contribution in [2.45, 2.75) is 46.3 Å². The van der Waals surface area contributed by atoms with Crippen molar-refractivity contribution in [3.05, 3.63) is 59.2 Å². The van der Waals surface area contributed by atoms with E-state index in [2.05, 4.69) is 22.3 Å². The largest absolute Gasteiger partial charge is 0.435 e. The molecule has 1 aliphatic heterocycles. The molecule has 0 saturated carbocycles. The van der Waals surface area contributed by atoms with Gasteiger partial charge in [-0.15, -0.1) is 0 Å². The van der Waals surface area contributed by atoms with E-state index in [1.807, 2.05) is 11.8 Å². The lowest BCUT2D eigenvalue weighted by atomic mass is 9.98. The van der Waals surface area contributed by atoms with Gasteiger partial charge in [0.1, 0.15) is 5.75 Å². The molecule has 1 unspecified atom stereocenters. The summed E-state index contributed by atoms with van der Waals surface area (Å²) >= 11 is 0. The number of piperidine rings is 1. The predicted octanol–water partition coefficient (Wildman–Crippen LogP) is 5.35. The summed E-state index contributed by atoms with van der Waals surface area (Å²) in [6.45, 7) is 4.40. The maximum atomic E-state index is 12.8. The van der Waals surface area contributed by atoms with Gasteiger partial charge in [-0.1, -0.05) is 19.1 Å². The number of anilines is 1. The minimum Gasteiger partial charge on any atom is -0.435 e. The Morgan fingerprint density at radius 3 is 2.50 bits per heavy atom. The third-order valence-corrected chi connectivity index (χ3v) is 5.72. The highest BCUT2D eigenvalue weighted by Gasteiger charge is 2.22. The van der Waals surface area contributed by atoms with Gasteiger partial charge in [-0.2, -0.15) is 8.78 Å². The Morgan fingerprint density at radius 1 is 1.12 bits per heavy atom. The Labute approximate surface area is 186 Å². The Hall–Kier alpha value is -3.16. The molecule has 1 atom stereocenters. The van der Waals surface area contributed by atoms with E-state index < -0.39 is 18.7 Å². The van der Waals surface area contributed by atoms with Gasteiger partial charge >= 0.3 is 12.6 Å². The monoisotopic (exact) mass is 445 g/mol. The number of hydrogen-bond acceptors (Lipinski definition) is 3. The molecule has 6 nitrogen and oxygen atoms in total. The number of hydrogen-bond donors (Lipinski definition) is 2. The smallest absolute Gasteiger partial charge is 0.387 e. The molecule has 8 heteroatoms. The van der Waals surface area contributed by atoms with Crippen molar-refractivity contribution in [2.75, 3.05) is 18.4 Å². The molecule has 0 radical (unpaired) electrons. The van der Waals surface area contributed by atoms with Crippen LogP contribution in [0.2, 0.25) is 0 Å². The number of nitrogens with zero attached hydrogens (tertiary/aromatic N) is 1. The zero-order chi connectivity index (χ0) is 23.3. The van der Waals surface area contributed by atoms with E-state index in [1.165, 1.54) is 12.1 Å². The van der Waals surface area contributed by atoms with Gasteiger partial charge in [-0.3, -0.25) is 4.79 Å². The Morgan fingerprint density at radius 2 is 1.84 bits per heavy atom. The van der Waals surface area contributed by atoms with Gasteiger partial charge in [0.2, 0.25) is 0 Å². The Balaban J connectivity index is 1.59. The van der Waals surface area contributed by atoms with Gasteiger partial charge in [-0.05, 0) is 74.1 Å². The van der Waals surface area contributed by atoms with Crippen LogP contribution in [0.3, 0.4) is 0 Å². The molecule has 3 rings (SSSR count). The number of amides is 3. The number of carbonyl (C=O) groups is 2.